The van der Waals surface area contributed by atoms with Crippen molar-refractivity contribution < 1.29 is 14.7 Å². The molecule has 9 nitrogen and oxygen atoms in total. The number of likely N-dealkylation sites (tertiary alicyclic amines) is 1. The van der Waals surface area contributed by atoms with E-state index in [-0.39, 0.29) is 35.4 Å². The molecule has 2 aromatic rings. The van der Waals surface area contributed by atoms with Gasteiger partial charge in [-0.3, -0.25) is 19.9 Å². The SMILES string of the molecule is N#CCC1(N/C=C(\C(=N)NC(=O)C2CC2)C(N)=O)CCN(Cc2ccc(-c3ccccc3)c(O)c2)CC1. The third-order valence-corrected chi connectivity index (χ3v) is 7.04. The second-order valence-corrected chi connectivity index (χ2v) is 9.81. The van der Waals surface area contributed by atoms with E-state index in [0.29, 0.717) is 32.5 Å². The Kier molecular flexibility index (Phi) is 7.89. The molecule has 2 aliphatic rings. The van der Waals surface area contributed by atoms with Gasteiger partial charge in [0.25, 0.3) is 5.91 Å². The Labute approximate surface area is 216 Å². The van der Waals surface area contributed by atoms with Crippen LogP contribution in [0.4, 0.5) is 0 Å². The Morgan fingerprint density at radius 1 is 1.19 bits per heavy atom. The van der Waals surface area contributed by atoms with Crippen molar-refractivity contribution >= 4 is 17.6 Å². The fourth-order valence-electron chi connectivity index (χ4n) is 4.59. The zero-order valence-corrected chi connectivity index (χ0v) is 20.7. The molecule has 2 fully saturated rings. The van der Waals surface area contributed by atoms with Crippen molar-refractivity contribution in [3.8, 4) is 22.9 Å². The van der Waals surface area contributed by atoms with E-state index in [1.54, 1.807) is 6.07 Å². The summed E-state index contributed by atoms with van der Waals surface area (Å²) in [5.41, 5.74) is 7.51. The largest absolute Gasteiger partial charge is 0.507 e. The van der Waals surface area contributed by atoms with Crippen molar-refractivity contribution in [2.45, 2.75) is 44.2 Å². The average molecular weight is 501 g/mol. The molecule has 1 saturated carbocycles. The molecule has 0 aromatic heterocycles. The summed E-state index contributed by atoms with van der Waals surface area (Å²) in [7, 11) is 0. The number of aromatic hydroxyl groups is 1. The van der Waals surface area contributed by atoms with E-state index < -0.39 is 11.4 Å². The average Bonchev–Trinajstić information content (AvgIpc) is 3.72. The number of nitriles is 1. The summed E-state index contributed by atoms with van der Waals surface area (Å²) in [6.07, 6.45) is 4.43. The lowest BCUT2D eigenvalue weighted by atomic mass is 9.84. The highest BCUT2D eigenvalue weighted by Gasteiger charge is 2.35. The maximum absolute atomic E-state index is 12.0. The zero-order valence-electron chi connectivity index (χ0n) is 20.7. The van der Waals surface area contributed by atoms with Gasteiger partial charge in [-0.1, -0.05) is 42.5 Å². The molecule has 0 spiro atoms. The second-order valence-electron chi connectivity index (χ2n) is 9.81. The van der Waals surface area contributed by atoms with Crippen molar-refractivity contribution in [2.24, 2.45) is 11.7 Å². The Bertz CT molecular complexity index is 1240. The first-order valence-electron chi connectivity index (χ1n) is 12.4. The van der Waals surface area contributed by atoms with Crippen molar-refractivity contribution in [1.82, 2.24) is 15.5 Å². The third-order valence-electron chi connectivity index (χ3n) is 7.04. The van der Waals surface area contributed by atoms with Crippen LogP contribution in [0.2, 0.25) is 0 Å². The normalized spacial score (nSPS) is 17.4. The first-order chi connectivity index (χ1) is 17.8. The van der Waals surface area contributed by atoms with Gasteiger partial charge >= 0.3 is 0 Å². The van der Waals surface area contributed by atoms with Gasteiger partial charge in [0.05, 0.1) is 23.6 Å². The van der Waals surface area contributed by atoms with Gasteiger partial charge in [0.1, 0.15) is 11.6 Å². The molecular weight excluding hydrogens is 468 g/mol. The molecule has 6 N–H and O–H groups in total. The summed E-state index contributed by atoms with van der Waals surface area (Å²) >= 11 is 0. The number of phenols is 1. The first-order valence-corrected chi connectivity index (χ1v) is 12.4. The smallest absolute Gasteiger partial charge is 0.253 e. The molecular formula is C28H32N6O3. The predicted octanol–water partition coefficient (Wildman–Crippen LogP) is 2.77. The number of primary amides is 1. The van der Waals surface area contributed by atoms with Crippen LogP contribution >= 0.6 is 0 Å². The molecule has 0 atom stereocenters. The van der Waals surface area contributed by atoms with E-state index in [4.69, 9.17) is 11.1 Å². The summed E-state index contributed by atoms with van der Waals surface area (Å²) in [6, 6.07) is 17.7. The maximum atomic E-state index is 12.0. The number of phenolic OH excluding ortho intramolecular Hbond substituents is 1. The number of hydrogen-bond acceptors (Lipinski definition) is 7. The molecule has 2 amide bonds. The number of nitrogens with one attached hydrogen (secondary N) is 3. The van der Waals surface area contributed by atoms with E-state index in [1.165, 1.54) is 6.20 Å². The van der Waals surface area contributed by atoms with Crippen LogP contribution in [0.5, 0.6) is 5.75 Å². The highest BCUT2D eigenvalue weighted by molar-refractivity contribution is 6.22. The lowest BCUT2D eigenvalue weighted by Crippen LogP contribution is -2.51. The summed E-state index contributed by atoms with van der Waals surface area (Å²) in [4.78, 5) is 26.2. The van der Waals surface area contributed by atoms with E-state index >= 15 is 0 Å². The lowest BCUT2D eigenvalue weighted by molar-refractivity contribution is -0.120. The van der Waals surface area contributed by atoms with Crippen molar-refractivity contribution in [3.05, 3.63) is 65.9 Å². The summed E-state index contributed by atoms with van der Waals surface area (Å²) < 4.78 is 0. The molecule has 37 heavy (non-hydrogen) atoms. The van der Waals surface area contributed by atoms with Crippen LogP contribution < -0.4 is 16.4 Å². The number of nitrogens with zero attached hydrogens (tertiary/aromatic N) is 2. The van der Waals surface area contributed by atoms with Crippen LogP contribution in [0.25, 0.3) is 11.1 Å². The van der Waals surface area contributed by atoms with Gasteiger partial charge < -0.3 is 21.5 Å². The van der Waals surface area contributed by atoms with Gasteiger partial charge in [0, 0.05) is 37.3 Å². The molecule has 2 aromatic carbocycles. The highest BCUT2D eigenvalue weighted by Crippen LogP contribution is 2.32. The molecule has 4 rings (SSSR count). The summed E-state index contributed by atoms with van der Waals surface area (Å²) in [5, 5.41) is 33.8. The highest BCUT2D eigenvalue weighted by atomic mass is 16.3. The second kappa shape index (κ2) is 11.3. The number of piperidine rings is 1. The Balaban J connectivity index is 1.38. The van der Waals surface area contributed by atoms with Crippen molar-refractivity contribution in [2.75, 3.05) is 13.1 Å². The van der Waals surface area contributed by atoms with Gasteiger partial charge in [-0.05, 0) is 42.9 Å². The van der Waals surface area contributed by atoms with Crippen molar-refractivity contribution in [3.63, 3.8) is 0 Å². The summed E-state index contributed by atoms with van der Waals surface area (Å²) in [5.74, 6) is -1.30. The fraction of sp³-hybridized carbons (Fsp3) is 0.357. The summed E-state index contributed by atoms with van der Waals surface area (Å²) in [6.45, 7) is 2.06. The van der Waals surface area contributed by atoms with Gasteiger partial charge in [-0.25, -0.2) is 0 Å². The van der Waals surface area contributed by atoms with E-state index in [9.17, 15) is 20.0 Å². The Hall–Kier alpha value is -4.16. The van der Waals surface area contributed by atoms with Gasteiger partial charge in [0.2, 0.25) is 5.91 Å². The van der Waals surface area contributed by atoms with Crippen LogP contribution in [0.1, 0.15) is 37.7 Å². The molecule has 9 heteroatoms. The van der Waals surface area contributed by atoms with Crippen molar-refractivity contribution in [1.29, 1.82) is 10.7 Å². The van der Waals surface area contributed by atoms with E-state index in [1.807, 2.05) is 42.5 Å². The van der Waals surface area contributed by atoms with Crippen LogP contribution in [0.15, 0.2) is 60.3 Å². The fourth-order valence-corrected chi connectivity index (χ4v) is 4.59. The number of amides is 2. The minimum atomic E-state index is -0.822. The molecule has 1 saturated heterocycles. The van der Waals surface area contributed by atoms with Crippen LogP contribution in [0, 0.1) is 22.7 Å². The monoisotopic (exact) mass is 500 g/mol. The maximum Gasteiger partial charge on any atom is 0.253 e. The minimum absolute atomic E-state index is 0.104. The van der Waals surface area contributed by atoms with Gasteiger partial charge in [0.15, 0.2) is 0 Å². The van der Waals surface area contributed by atoms with Crippen LogP contribution in [0.3, 0.4) is 0 Å². The number of nitrogens with two attached hydrogens (primary N) is 1. The number of carbonyl (C=O) groups excluding carboxylic acids is 2. The predicted molar refractivity (Wildman–Crippen MR) is 140 cm³/mol. The lowest BCUT2D eigenvalue weighted by Gasteiger charge is -2.41. The van der Waals surface area contributed by atoms with Crippen LogP contribution in [-0.4, -0.2) is 46.3 Å². The molecule has 0 bridgehead atoms. The van der Waals surface area contributed by atoms with Gasteiger partial charge in [-0.15, -0.1) is 0 Å². The standard InChI is InChI=1S/C28H32N6O3/c29-13-10-28(32-17-23(26(31)36)25(30)33-27(37)21-7-8-21)11-14-34(15-12-28)18-19-6-9-22(24(35)16-19)20-4-2-1-3-5-20/h1-6,9,16-17,21,32,35H,7-8,10-12,14-15,18H2,(H2,31,36)(H2,30,33,37)/b23-17+. The third kappa shape index (κ3) is 6.54. The molecule has 0 unspecified atom stereocenters. The van der Waals surface area contributed by atoms with Gasteiger partial charge in [-0.2, -0.15) is 5.26 Å². The first kappa shape index (κ1) is 25.9. The number of rotatable bonds is 9. The molecule has 1 heterocycles. The topological polar surface area (TPSA) is 155 Å². The number of hydrogen-bond donors (Lipinski definition) is 5. The number of amidine groups is 1. The number of carbonyl (C=O) groups is 2. The molecule has 1 aliphatic heterocycles. The number of benzene rings is 2. The quantitative estimate of drug-likeness (QED) is 0.203. The minimum Gasteiger partial charge on any atom is -0.507 e. The Morgan fingerprint density at radius 3 is 2.49 bits per heavy atom. The van der Waals surface area contributed by atoms with Crippen LogP contribution in [-0.2, 0) is 16.1 Å². The molecule has 1 aliphatic carbocycles. The molecule has 192 valence electrons. The van der Waals surface area contributed by atoms with E-state index in [2.05, 4.69) is 21.6 Å². The van der Waals surface area contributed by atoms with E-state index in [0.717, 1.165) is 29.5 Å². The zero-order chi connectivity index (χ0) is 26.4. The Morgan fingerprint density at radius 2 is 1.89 bits per heavy atom. The molecule has 0 radical (unpaired) electrons.